The van der Waals surface area contributed by atoms with E-state index in [0.29, 0.717) is 12.5 Å². The molecule has 1 aliphatic heterocycles. The Bertz CT molecular complexity index is 437. The predicted molar refractivity (Wildman–Crippen MR) is 83.2 cm³/mol. The lowest BCUT2D eigenvalue weighted by Gasteiger charge is -2.16. The van der Waals surface area contributed by atoms with Crippen LogP contribution < -0.4 is 16.2 Å². The maximum absolute atomic E-state index is 5.91. The minimum atomic E-state index is 0.0996. The summed E-state index contributed by atoms with van der Waals surface area (Å²) in [6.07, 6.45) is 0. The number of aryl methyl sites for hydroxylation is 1. The molecule has 4 N–H and O–H groups in total. The normalized spacial score (nSPS) is 23.5. The number of ether oxygens (including phenoxy) is 1. The van der Waals surface area contributed by atoms with E-state index in [9.17, 15) is 0 Å². The van der Waals surface area contributed by atoms with E-state index >= 15 is 0 Å². The summed E-state index contributed by atoms with van der Waals surface area (Å²) in [6, 6.07) is 6.54. The van der Waals surface area contributed by atoms with Crippen molar-refractivity contribution in [3.63, 3.8) is 0 Å². The molecule has 20 heavy (non-hydrogen) atoms. The van der Waals surface area contributed by atoms with Crippen molar-refractivity contribution in [2.45, 2.75) is 38.8 Å². The molecule has 0 saturated carbocycles. The van der Waals surface area contributed by atoms with Crippen LogP contribution in [0.25, 0.3) is 0 Å². The second-order valence-corrected chi connectivity index (χ2v) is 6.11. The summed E-state index contributed by atoms with van der Waals surface area (Å²) in [7, 11) is 0. The molecule has 2 atom stereocenters. The molecule has 1 aliphatic rings. The van der Waals surface area contributed by atoms with Gasteiger partial charge in [0.2, 0.25) is 0 Å². The Kier molecular flexibility index (Phi) is 5.02. The largest absolute Gasteiger partial charge is 0.492 e. The van der Waals surface area contributed by atoms with Gasteiger partial charge in [0.05, 0.1) is 0 Å². The van der Waals surface area contributed by atoms with Crippen LogP contribution >= 0.6 is 0 Å². The Morgan fingerprint density at radius 3 is 2.45 bits per heavy atom. The second-order valence-electron chi connectivity index (χ2n) is 6.11. The van der Waals surface area contributed by atoms with E-state index in [1.165, 1.54) is 11.1 Å². The number of rotatable bonds is 5. The Morgan fingerprint density at radius 2 is 1.90 bits per heavy atom. The molecule has 1 heterocycles. The van der Waals surface area contributed by atoms with Gasteiger partial charge in [-0.25, -0.2) is 0 Å². The topological polar surface area (TPSA) is 64.5 Å². The third-order valence-corrected chi connectivity index (χ3v) is 4.03. The first kappa shape index (κ1) is 15.3. The standard InChI is InChI=1S/C16H27N3O/c1-11(2)14-5-4-13(8-12(14)3)20-7-6-19-9-15(17)16(18)10-19/h4-5,8,11,15-16H,6-7,9-10,17-18H2,1-3H3/t15-,16-/m1/s1. The summed E-state index contributed by atoms with van der Waals surface area (Å²) in [4.78, 5) is 2.27. The summed E-state index contributed by atoms with van der Waals surface area (Å²) in [5.74, 6) is 1.50. The number of hydrogen-bond donors (Lipinski definition) is 2. The number of hydrogen-bond acceptors (Lipinski definition) is 4. The second kappa shape index (κ2) is 6.57. The molecular weight excluding hydrogens is 250 g/mol. The van der Waals surface area contributed by atoms with Crippen molar-refractivity contribution in [3.05, 3.63) is 29.3 Å². The fourth-order valence-corrected chi connectivity index (χ4v) is 2.80. The highest BCUT2D eigenvalue weighted by Crippen LogP contribution is 2.23. The molecule has 0 aromatic heterocycles. The van der Waals surface area contributed by atoms with E-state index in [1.54, 1.807) is 0 Å². The Labute approximate surface area is 122 Å². The van der Waals surface area contributed by atoms with Gasteiger partial charge in [-0.15, -0.1) is 0 Å². The van der Waals surface area contributed by atoms with Gasteiger partial charge in [-0.1, -0.05) is 19.9 Å². The Hall–Kier alpha value is -1.10. The van der Waals surface area contributed by atoms with Gasteiger partial charge in [-0.2, -0.15) is 0 Å². The molecule has 1 fully saturated rings. The van der Waals surface area contributed by atoms with Gasteiger partial charge in [-0.3, -0.25) is 4.90 Å². The average Bonchev–Trinajstić information content (AvgIpc) is 2.68. The summed E-state index contributed by atoms with van der Waals surface area (Å²) in [6.45, 7) is 9.87. The van der Waals surface area contributed by atoms with Crippen molar-refractivity contribution in [1.82, 2.24) is 4.90 Å². The molecular formula is C16H27N3O. The number of benzene rings is 1. The van der Waals surface area contributed by atoms with Gasteiger partial charge in [0.25, 0.3) is 0 Å². The van der Waals surface area contributed by atoms with Gasteiger partial charge in [0, 0.05) is 31.7 Å². The molecule has 0 aliphatic carbocycles. The molecule has 1 aromatic carbocycles. The molecule has 2 rings (SSSR count). The van der Waals surface area contributed by atoms with Crippen molar-refractivity contribution in [3.8, 4) is 5.75 Å². The van der Waals surface area contributed by atoms with Crippen LogP contribution in [0.4, 0.5) is 0 Å². The van der Waals surface area contributed by atoms with Crippen molar-refractivity contribution in [1.29, 1.82) is 0 Å². The van der Waals surface area contributed by atoms with Crippen LogP contribution in [-0.4, -0.2) is 43.2 Å². The van der Waals surface area contributed by atoms with Crippen LogP contribution in [0.5, 0.6) is 5.75 Å². The highest BCUT2D eigenvalue weighted by atomic mass is 16.5. The Balaban J connectivity index is 1.81. The number of nitrogens with two attached hydrogens (primary N) is 2. The zero-order chi connectivity index (χ0) is 14.7. The summed E-state index contributed by atoms with van der Waals surface area (Å²) in [5, 5.41) is 0. The molecule has 0 radical (unpaired) electrons. The van der Waals surface area contributed by atoms with Gasteiger partial charge in [0.15, 0.2) is 0 Å². The van der Waals surface area contributed by atoms with E-state index in [0.717, 1.165) is 25.4 Å². The van der Waals surface area contributed by atoms with Crippen molar-refractivity contribution in [2.75, 3.05) is 26.2 Å². The van der Waals surface area contributed by atoms with Gasteiger partial charge in [-0.05, 0) is 36.1 Å². The van der Waals surface area contributed by atoms with Crippen molar-refractivity contribution >= 4 is 0 Å². The summed E-state index contributed by atoms with van der Waals surface area (Å²) >= 11 is 0. The lowest BCUT2D eigenvalue weighted by atomic mass is 9.98. The first-order valence-electron chi connectivity index (χ1n) is 7.44. The highest BCUT2D eigenvalue weighted by molar-refractivity contribution is 5.36. The SMILES string of the molecule is Cc1cc(OCCN2C[C@@H](N)[C@H](N)C2)ccc1C(C)C. The molecule has 4 nitrogen and oxygen atoms in total. The van der Waals surface area contributed by atoms with E-state index in [4.69, 9.17) is 16.2 Å². The molecule has 0 bridgehead atoms. The predicted octanol–water partition coefficient (Wildman–Crippen LogP) is 1.47. The van der Waals surface area contributed by atoms with Crippen LogP contribution in [0.15, 0.2) is 18.2 Å². The fraction of sp³-hybridized carbons (Fsp3) is 0.625. The van der Waals surface area contributed by atoms with Gasteiger partial charge < -0.3 is 16.2 Å². The molecule has 1 saturated heterocycles. The first-order chi connectivity index (χ1) is 9.47. The van der Waals surface area contributed by atoms with Crippen LogP contribution in [0.1, 0.15) is 30.9 Å². The third-order valence-electron chi connectivity index (χ3n) is 4.03. The molecule has 0 unspecified atom stereocenters. The molecule has 0 spiro atoms. The zero-order valence-electron chi connectivity index (χ0n) is 12.8. The highest BCUT2D eigenvalue weighted by Gasteiger charge is 2.26. The van der Waals surface area contributed by atoms with E-state index < -0.39 is 0 Å². The minimum Gasteiger partial charge on any atom is -0.492 e. The van der Waals surface area contributed by atoms with E-state index in [-0.39, 0.29) is 12.1 Å². The summed E-state index contributed by atoms with van der Waals surface area (Å²) in [5.41, 5.74) is 14.5. The van der Waals surface area contributed by atoms with E-state index in [1.807, 2.05) is 0 Å². The smallest absolute Gasteiger partial charge is 0.119 e. The van der Waals surface area contributed by atoms with Crippen LogP contribution in [0.2, 0.25) is 0 Å². The fourth-order valence-electron chi connectivity index (χ4n) is 2.80. The van der Waals surface area contributed by atoms with Crippen LogP contribution in [0, 0.1) is 6.92 Å². The van der Waals surface area contributed by atoms with E-state index in [2.05, 4.69) is 43.9 Å². The number of nitrogens with zero attached hydrogens (tertiary/aromatic N) is 1. The molecule has 0 amide bonds. The number of likely N-dealkylation sites (tertiary alicyclic amines) is 1. The van der Waals surface area contributed by atoms with Crippen molar-refractivity contribution < 1.29 is 4.74 Å². The maximum Gasteiger partial charge on any atom is 0.119 e. The van der Waals surface area contributed by atoms with Crippen LogP contribution in [-0.2, 0) is 0 Å². The lowest BCUT2D eigenvalue weighted by Crippen LogP contribution is -2.39. The maximum atomic E-state index is 5.91. The third kappa shape index (κ3) is 3.72. The molecule has 4 heteroatoms. The zero-order valence-corrected chi connectivity index (χ0v) is 12.8. The molecule has 112 valence electrons. The quantitative estimate of drug-likeness (QED) is 0.855. The summed E-state index contributed by atoms with van der Waals surface area (Å²) < 4.78 is 5.83. The monoisotopic (exact) mass is 277 g/mol. The lowest BCUT2D eigenvalue weighted by molar-refractivity contribution is 0.235. The minimum absolute atomic E-state index is 0.0996. The van der Waals surface area contributed by atoms with Crippen LogP contribution in [0.3, 0.4) is 0 Å². The molecule has 1 aromatic rings. The first-order valence-corrected chi connectivity index (χ1v) is 7.44. The van der Waals surface area contributed by atoms with Gasteiger partial charge in [0.1, 0.15) is 12.4 Å². The Morgan fingerprint density at radius 1 is 1.25 bits per heavy atom. The van der Waals surface area contributed by atoms with Crippen molar-refractivity contribution in [2.24, 2.45) is 11.5 Å². The average molecular weight is 277 g/mol. The van der Waals surface area contributed by atoms with Gasteiger partial charge >= 0.3 is 0 Å².